The fourth-order valence-corrected chi connectivity index (χ4v) is 6.81. The Bertz CT molecular complexity index is 582. The van der Waals surface area contributed by atoms with Crippen LogP contribution in [0.4, 0.5) is 0 Å². The lowest BCUT2D eigenvalue weighted by molar-refractivity contribution is 0.284. The Kier molecular flexibility index (Phi) is 3.50. The lowest BCUT2D eigenvalue weighted by atomic mass is 9.64. The summed E-state index contributed by atoms with van der Waals surface area (Å²) in [5.41, 5.74) is 2.83. The molecule has 2 unspecified atom stereocenters. The molecule has 4 heteroatoms. The molecule has 0 bridgehead atoms. The minimum Gasteiger partial charge on any atom is -0.229 e. The first-order chi connectivity index (χ1) is 9.07. The van der Waals surface area contributed by atoms with E-state index in [1.165, 1.54) is 17.5 Å². The van der Waals surface area contributed by atoms with E-state index in [-0.39, 0.29) is 11.3 Å². The second-order valence-corrected chi connectivity index (χ2v) is 8.69. The van der Waals surface area contributed by atoms with Gasteiger partial charge in [0, 0.05) is 10.7 Å². The Morgan fingerprint density at radius 1 is 1.32 bits per heavy atom. The van der Waals surface area contributed by atoms with Gasteiger partial charge in [0.15, 0.2) is 9.84 Å². The molecule has 0 radical (unpaired) electrons. The molecular formula is C15H19BrO2S. The first-order valence-corrected chi connectivity index (χ1v) is 9.86. The number of halogens is 1. The van der Waals surface area contributed by atoms with Crippen molar-refractivity contribution in [1.29, 1.82) is 0 Å². The Morgan fingerprint density at radius 2 is 2.11 bits per heavy atom. The summed E-state index contributed by atoms with van der Waals surface area (Å²) < 4.78 is 23.7. The summed E-state index contributed by atoms with van der Waals surface area (Å²) in [7, 11) is -2.82. The molecule has 2 aliphatic rings. The summed E-state index contributed by atoms with van der Waals surface area (Å²) in [5.74, 6) is 1.01. The van der Waals surface area contributed by atoms with E-state index >= 15 is 0 Å². The van der Waals surface area contributed by atoms with Crippen molar-refractivity contribution in [3.05, 3.63) is 35.4 Å². The number of aryl methyl sites for hydroxylation is 1. The van der Waals surface area contributed by atoms with E-state index in [9.17, 15) is 8.42 Å². The molecule has 1 aliphatic carbocycles. The molecule has 0 spiro atoms. The highest BCUT2D eigenvalue weighted by atomic mass is 79.9. The first kappa shape index (κ1) is 13.6. The average Bonchev–Trinajstić information content (AvgIpc) is 2.79. The van der Waals surface area contributed by atoms with Crippen LogP contribution in [0.1, 0.15) is 30.4 Å². The average molecular weight is 343 g/mol. The van der Waals surface area contributed by atoms with Crippen molar-refractivity contribution in [3.8, 4) is 0 Å². The maximum atomic E-state index is 11.8. The van der Waals surface area contributed by atoms with Gasteiger partial charge in [0.05, 0.1) is 11.5 Å². The molecule has 1 heterocycles. The van der Waals surface area contributed by atoms with Crippen molar-refractivity contribution in [1.82, 2.24) is 0 Å². The quantitative estimate of drug-likeness (QED) is 0.774. The SMILES string of the molecule is O=S1(=O)CCC(C2(CBr)CCCc3ccccc32)C1. The summed E-state index contributed by atoms with van der Waals surface area (Å²) in [4.78, 5) is 0. The number of alkyl halides is 1. The van der Waals surface area contributed by atoms with Gasteiger partial charge in [-0.05, 0) is 42.7 Å². The smallest absolute Gasteiger partial charge is 0.150 e. The minimum absolute atomic E-state index is 0.0262. The maximum Gasteiger partial charge on any atom is 0.150 e. The lowest BCUT2D eigenvalue weighted by Gasteiger charge is -2.42. The number of hydrogen-bond acceptors (Lipinski definition) is 2. The number of sulfone groups is 1. The third-order valence-corrected chi connectivity index (χ3v) is 7.64. The predicted octanol–water partition coefficient (Wildman–Crippen LogP) is 3.09. The van der Waals surface area contributed by atoms with Gasteiger partial charge in [0.2, 0.25) is 0 Å². The van der Waals surface area contributed by atoms with E-state index < -0.39 is 9.84 Å². The molecule has 1 aromatic carbocycles. The van der Waals surface area contributed by atoms with Crippen LogP contribution >= 0.6 is 15.9 Å². The molecule has 1 aromatic rings. The van der Waals surface area contributed by atoms with Crippen molar-refractivity contribution in [3.63, 3.8) is 0 Å². The van der Waals surface area contributed by atoms with E-state index in [0.29, 0.717) is 11.5 Å². The van der Waals surface area contributed by atoms with Crippen molar-refractivity contribution in [2.24, 2.45) is 5.92 Å². The van der Waals surface area contributed by atoms with Crippen LogP contribution in [0.3, 0.4) is 0 Å². The Labute approximate surface area is 123 Å². The summed E-state index contributed by atoms with van der Waals surface area (Å²) in [5, 5.41) is 0.872. The van der Waals surface area contributed by atoms with Crippen molar-refractivity contribution >= 4 is 25.8 Å². The summed E-state index contributed by atoms with van der Waals surface area (Å²) >= 11 is 3.69. The third kappa shape index (κ3) is 2.27. The highest BCUT2D eigenvalue weighted by Gasteiger charge is 2.46. The molecule has 0 aromatic heterocycles. The lowest BCUT2D eigenvalue weighted by Crippen LogP contribution is -2.41. The fraction of sp³-hybridized carbons (Fsp3) is 0.600. The molecule has 104 valence electrons. The van der Waals surface area contributed by atoms with Crippen molar-refractivity contribution < 1.29 is 8.42 Å². The summed E-state index contributed by atoms with van der Waals surface area (Å²) in [6.07, 6.45) is 4.22. The largest absolute Gasteiger partial charge is 0.229 e. The van der Waals surface area contributed by atoms with Crippen LogP contribution in [0.2, 0.25) is 0 Å². The number of fused-ring (bicyclic) bond motifs is 1. The van der Waals surface area contributed by atoms with E-state index in [1.54, 1.807) is 0 Å². The van der Waals surface area contributed by atoms with Gasteiger partial charge in [-0.15, -0.1) is 0 Å². The van der Waals surface area contributed by atoms with Crippen LogP contribution < -0.4 is 0 Å². The molecule has 1 saturated heterocycles. The number of benzene rings is 1. The normalized spacial score (nSPS) is 33.0. The van der Waals surface area contributed by atoms with Crippen LogP contribution in [0, 0.1) is 5.92 Å². The predicted molar refractivity (Wildman–Crippen MR) is 81.6 cm³/mol. The molecular weight excluding hydrogens is 324 g/mol. The third-order valence-electron chi connectivity index (χ3n) is 4.88. The van der Waals surface area contributed by atoms with Gasteiger partial charge in [-0.1, -0.05) is 40.2 Å². The van der Waals surface area contributed by atoms with Crippen LogP contribution in [-0.4, -0.2) is 25.3 Å². The minimum atomic E-state index is -2.82. The molecule has 1 fully saturated rings. The van der Waals surface area contributed by atoms with E-state index in [2.05, 4.69) is 40.2 Å². The highest BCUT2D eigenvalue weighted by molar-refractivity contribution is 9.09. The van der Waals surface area contributed by atoms with E-state index in [0.717, 1.165) is 24.6 Å². The van der Waals surface area contributed by atoms with E-state index in [4.69, 9.17) is 0 Å². The van der Waals surface area contributed by atoms with Crippen molar-refractivity contribution in [2.75, 3.05) is 16.8 Å². The van der Waals surface area contributed by atoms with Crippen LogP contribution in [0.15, 0.2) is 24.3 Å². The van der Waals surface area contributed by atoms with E-state index in [1.807, 2.05) is 0 Å². The zero-order valence-electron chi connectivity index (χ0n) is 10.9. The molecule has 2 nitrogen and oxygen atoms in total. The highest BCUT2D eigenvalue weighted by Crippen LogP contribution is 2.47. The zero-order chi connectivity index (χ0) is 13.5. The molecule has 0 N–H and O–H groups in total. The second-order valence-electron chi connectivity index (χ2n) is 5.90. The van der Waals surface area contributed by atoms with Gasteiger partial charge in [0.25, 0.3) is 0 Å². The van der Waals surface area contributed by atoms with Gasteiger partial charge >= 0.3 is 0 Å². The van der Waals surface area contributed by atoms with Gasteiger partial charge in [-0.3, -0.25) is 0 Å². The second kappa shape index (κ2) is 4.88. The van der Waals surface area contributed by atoms with Crippen LogP contribution in [-0.2, 0) is 21.7 Å². The molecule has 3 rings (SSSR count). The Balaban J connectivity index is 2.06. The van der Waals surface area contributed by atoms with Gasteiger partial charge in [-0.2, -0.15) is 0 Å². The molecule has 0 amide bonds. The Hall–Kier alpha value is -0.350. The van der Waals surface area contributed by atoms with Gasteiger partial charge in [-0.25, -0.2) is 8.42 Å². The number of hydrogen-bond donors (Lipinski definition) is 0. The summed E-state index contributed by atoms with van der Waals surface area (Å²) in [6.45, 7) is 0. The fourth-order valence-electron chi connectivity index (χ4n) is 3.86. The van der Waals surface area contributed by atoms with Crippen LogP contribution in [0.25, 0.3) is 0 Å². The molecule has 1 aliphatic heterocycles. The van der Waals surface area contributed by atoms with Gasteiger partial charge < -0.3 is 0 Å². The standard InChI is InChI=1S/C15H19BrO2S/c16-11-15(13-7-9-19(17,18)10-13)8-3-5-12-4-1-2-6-14(12)15/h1-2,4,6,13H,3,5,7-11H2. The topological polar surface area (TPSA) is 34.1 Å². The Morgan fingerprint density at radius 3 is 2.79 bits per heavy atom. The van der Waals surface area contributed by atoms with Crippen LogP contribution in [0.5, 0.6) is 0 Å². The monoisotopic (exact) mass is 342 g/mol. The van der Waals surface area contributed by atoms with Gasteiger partial charge in [0.1, 0.15) is 0 Å². The summed E-state index contributed by atoms with van der Waals surface area (Å²) in [6, 6.07) is 8.59. The maximum absolute atomic E-state index is 11.8. The molecule has 19 heavy (non-hydrogen) atoms. The molecule has 0 saturated carbocycles. The number of rotatable bonds is 2. The first-order valence-electron chi connectivity index (χ1n) is 6.92. The van der Waals surface area contributed by atoms with Crippen molar-refractivity contribution in [2.45, 2.75) is 31.1 Å². The molecule has 2 atom stereocenters. The zero-order valence-corrected chi connectivity index (χ0v) is 13.3.